The Kier molecular flexibility index (Phi) is 5.09. The first-order chi connectivity index (χ1) is 11.8. The minimum absolute atomic E-state index is 0.0176. The van der Waals surface area contributed by atoms with Gasteiger partial charge in [-0.1, -0.05) is 17.8 Å². The van der Waals surface area contributed by atoms with Gasteiger partial charge in [-0.2, -0.15) is 4.68 Å². The number of tetrazole rings is 1. The average molecular weight is 381 g/mol. The predicted molar refractivity (Wildman–Crippen MR) is 94.6 cm³/mol. The molecule has 8 nitrogen and oxygen atoms in total. The van der Waals surface area contributed by atoms with Crippen molar-refractivity contribution in [2.75, 3.05) is 17.3 Å². The number of sulfone groups is 1. The molecule has 0 radical (unpaired) electrons. The maximum Gasteiger partial charge on any atom is 0.230 e. The number of benzene rings is 1. The molecule has 2 aromatic rings. The molecular weight excluding hydrogens is 362 g/mol. The van der Waals surface area contributed by atoms with E-state index in [0.717, 1.165) is 11.3 Å². The van der Waals surface area contributed by atoms with Crippen molar-refractivity contribution >= 4 is 27.5 Å². The molecule has 1 atom stereocenters. The van der Waals surface area contributed by atoms with Crippen LogP contribution in [0.3, 0.4) is 0 Å². The normalized spacial score (nSPS) is 19.0. The number of hydrogen-bond donors (Lipinski definition) is 1. The Morgan fingerprint density at radius 1 is 1.36 bits per heavy atom. The largest absolute Gasteiger partial charge is 0.352 e. The van der Waals surface area contributed by atoms with E-state index in [2.05, 4.69) is 20.8 Å². The third-order valence-electron chi connectivity index (χ3n) is 4.11. The summed E-state index contributed by atoms with van der Waals surface area (Å²) in [5.41, 5.74) is 3.14. The Hall–Kier alpha value is -1.94. The summed E-state index contributed by atoms with van der Waals surface area (Å²) in [4.78, 5) is 12.0. The van der Waals surface area contributed by atoms with Gasteiger partial charge in [-0.05, 0) is 54.0 Å². The van der Waals surface area contributed by atoms with Gasteiger partial charge in [0.05, 0.1) is 22.9 Å². The van der Waals surface area contributed by atoms with Gasteiger partial charge in [0.1, 0.15) is 0 Å². The monoisotopic (exact) mass is 381 g/mol. The van der Waals surface area contributed by atoms with E-state index in [0.29, 0.717) is 11.6 Å². The second-order valence-electron chi connectivity index (χ2n) is 6.10. The molecule has 1 N–H and O–H groups in total. The second kappa shape index (κ2) is 7.12. The molecule has 10 heteroatoms. The van der Waals surface area contributed by atoms with Gasteiger partial charge in [-0.25, -0.2) is 8.42 Å². The molecule has 0 spiro atoms. The number of nitrogens with one attached hydrogen (secondary N) is 1. The molecule has 3 rings (SSSR count). The first-order valence-electron chi connectivity index (χ1n) is 7.83. The van der Waals surface area contributed by atoms with Gasteiger partial charge in [0.15, 0.2) is 9.84 Å². The minimum atomic E-state index is -3.01. The Labute approximate surface area is 150 Å². The SMILES string of the molecule is Cc1ccc(-n2nnnc2SCC(=O)N[C@H]2CCS(=O)(=O)C2)cc1C. The zero-order valence-electron chi connectivity index (χ0n) is 14.0. The predicted octanol–water partition coefficient (Wildman–Crippen LogP) is 0.675. The lowest BCUT2D eigenvalue weighted by molar-refractivity contribution is -0.119. The van der Waals surface area contributed by atoms with Crippen LogP contribution >= 0.6 is 11.8 Å². The molecule has 0 aliphatic carbocycles. The topological polar surface area (TPSA) is 107 Å². The Morgan fingerprint density at radius 3 is 2.84 bits per heavy atom. The molecular formula is C15H19N5O3S2. The van der Waals surface area contributed by atoms with E-state index in [-0.39, 0.29) is 29.2 Å². The van der Waals surface area contributed by atoms with Gasteiger partial charge in [0.25, 0.3) is 0 Å². The summed E-state index contributed by atoms with van der Waals surface area (Å²) in [7, 11) is -3.01. The van der Waals surface area contributed by atoms with E-state index in [1.807, 2.05) is 32.0 Å². The lowest BCUT2D eigenvalue weighted by atomic mass is 10.1. The summed E-state index contributed by atoms with van der Waals surface area (Å²) in [6.07, 6.45) is 0.471. The van der Waals surface area contributed by atoms with Crippen LogP contribution in [-0.2, 0) is 14.6 Å². The fraction of sp³-hybridized carbons (Fsp3) is 0.467. The first-order valence-corrected chi connectivity index (χ1v) is 10.6. The van der Waals surface area contributed by atoms with Gasteiger partial charge in [-0.3, -0.25) is 4.79 Å². The van der Waals surface area contributed by atoms with E-state index in [4.69, 9.17) is 0 Å². The molecule has 1 amide bonds. The molecule has 1 saturated heterocycles. The molecule has 1 aromatic heterocycles. The van der Waals surface area contributed by atoms with Crippen molar-refractivity contribution in [3.63, 3.8) is 0 Å². The van der Waals surface area contributed by atoms with Crippen molar-refractivity contribution in [3.05, 3.63) is 29.3 Å². The van der Waals surface area contributed by atoms with Crippen molar-refractivity contribution in [2.45, 2.75) is 31.5 Å². The Balaban J connectivity index is 1.62. The lowest BCUT2D eigenvalue weighted by Crippen LogP contribution is -2.36. The van der Waals surface area contributed by atoms with E-state index in [9.17, 15) is 13.2 Å². The number of carbonyl (C=O) groups is 1. The van der Waals surface area contributed by atoms with Crippen LogP contribution in [0.25, 0.3) is 5.69 Å². The molecule has 134 valence electrons. The van der Waals surface area contributed by atoms with Crippen LogP contribution in [0, 0.1) is 13.8 Å². The van der Waals surface area contributed by atoms with E-state index < -0.39 is 9.84 Å². The third-order valence-corrected chi connectivity index (χ3v) is 6.79. The summed E-state index contributed by atoms with van der Waals surface area (Å²) in [5.74, 6) is 0.0588. The maximum atomic E-state index is 12.0. The van der Waals surface area contributed by atoms with Gasteiger partial charge in [-0.15, -0.1) is 5.10 Å². The molecule has 0 bridgehead atoms. The number of amides is 1. The smallest absolute Gasteiger partial charge is 0.230 e. The first kappa shape index (κ1) is 17.9. The quantitative estimate of drug-likeness (QED) is 0.759. The number of thioether (sulfide) groups is 1. The fourth-order valence-electron chi connectivity index (χ4n) is 2.60. The Morgan fingerprint density at radius 2 is 2.16 bits per heavy atom. The number of carbonyl (C=O) groups excluding carboxylic acids is 1. The van der Waals surface area contributed by atoms with Crippen LogP contribution < -0.4 is 5.32 Å². The highest BCUT2D eigenvalue weighted by Gasteiger charge is 2.28. The molecule has 0 unspecified atom stereocenters. The van der Waals surface area contributed by atoms with Crippen molar-refractivity contribution in [1.82, 2.24) is 25.5 Å². The van der Waals surface area contributed by atoms with Gasteiger partial charge in [0.2, 0.25) is 11.1 Å². The Bertz CT molecular complexity index is 894. The lowest BCUT2D eigenvalue weighted by Gasteiger charge is -2.10. The number of nitrogens with zero attached hydrogens (tertiary/aromatic N) is 4. The molecule has 0 saturated carbocycles. The molecule has 1 aliphatic rings. The number of hydrogen-bond acceptors (Lipinski definition) is 7. The summed E-state index contributed by atoms with van der Waals surface area (Å²) in [6, 6.07) is 5.60. The van der Waals surface area contributed by atoms with Crippen molar-refractivity contribution in [3.8, 4) is 5.69 Å². The van der Waals surface area contributed by atoms with Crippen molar-refractivity contribution in [2.24, 2.45) is 0 Å². The van der Waals surface area contributed by atoms with Gasteiger partial charge >= 0.3 is 0 Å². The van der Waals surface area contributed by atoms with Crippen LogP contribution in [-0.4, -0.2) is 57.8 Å². The van der Waals surface area contributed by atoms with E-state index in [1.54, 1.807) is 4.68 Å². The van der Waals surface area contributed by atoms with Gasteiger partial charge in [0, 0.05) is 6.04 Å². The standard InChI is InChI=1S/C15H19N5O3S2/c1-10-3-4-13(7-11(10)2)20-15(17-18-19-20)24-8-14(21)16-12-5-6-25(22,23)9-12/h3-4,7,12H,5-6,8-9H2,1-2H3,(H,16,21)/t12-/m0/s1. The summed E-state index contributed by atoms with van der Waals surface area (Å²) < 4.78 is 24.5. The highest BCUT2D eigenvalue weighted by molar-refractivity contribution is 7.99. The highest BCUT2D eigenvalue weighted by Crippen LogP contribution is 2.20. The summed E-state index contributed by atoms with van der Waals surface area (Å²) in [5, 5.41) is 14.9. The van der Waals surface area contributed by atoms with Crippen LogP contribution in [0.15, 0.2) is 23.4 Å². The maximum absolute atomic E-state index is 12.0. The minimum Gasteiger partial charge on any atom is -0.352 e. The van der Waals surface area contributed by atoms with Crippen LogP contribution in [0.5, 0.6) is 0 Å². The van der Waals surface area contributed by atoms with E-state index in [1.165, 1.54) is 17.3 Å². The van der Waals surface area contributed by atoms with Crippen LogP contribution in [0.2, 0.25) is 0 Å². The molecule has 2 heterocycles. The average Bonchev–Trinajstić information content (AvgIpc) is 3.14. The highest BCUT2D eigenvalue weighted by atomic mass is 32.2. The van der Waals surface area contributed by atoms with Crippen LogP contribution in [0.4, 0.5) is 0 Å². The third kappa shape index (κ3) is 4.37. The van der Waals surface area contributed by atoms with Crippen LogP contribution in [0.1, 0.15) is 17.5 Å². The van der Waals surface area contributed by atoms with E-state index >= 15 is 0 Å². The molecule has 1 aromatic carbocycles. The summed E-state index contributed by atoms with van der Waals surface area (Å²) in [6.45, 7) is 4.04. The zero-order chi connectivity index (χ0) is 18.0. The molecule has 1 fully saturated rings. The van der Waals surface area contributed by atoms with Crippen molar-refractivity contribution < 1.29 is 13.2 Å². The number of rotatable bonds is 5. The van der Waals surface area contributed by atoms with Gasteiger partial charge < -0.3 is 5.32 Å². The summed E-state index contributed by atoms with van der Waals surface area (Å²) >= 11 is 1.22. The number of aromatic nitrogens is 4. The zero-order valence-corrected chi connectivity index (χ0v) is 15.6. The van der Waals surface area contributed by atoms with Crippen molar-refractivity contribution in [1.29, 1.82) is 0 Å². The fourth-order valence-corrected chi connectivity index (χ4v) is 4.97. The number of aryl methyl sites for hydroxylation is 2. The second-order valence-corrected chi connectivity index (χ2v) is 9.27. The molecule has 25 heavy (non-hydrogen) atoms. The molecule has 1 aliphatic heterocycles.